The number of hydrogen-bond donors (Lipinski definition) is 1. The second kappa shape index (κ2) is 10.7. The molecular weight excluding hydrogens is 324 g/mol. The topological polar surface area (TPSA) is 38.8 Å². The Bertz CT molecular complexity index is 534. The summed E-state index contributed by atoms with van der Waals surface area (Å²) in [6.07, 6.45) is 5.09. The Balaban J connectivity index is 1.73. The number of carbonyl (C=O) groups excluding carboxylic acids is 1. The van der Waals surface area contributed by atoms with E-state index < -0.39 is 0 Å². The Morgan fingerprint density at radius 2 is 1.96 bits per heavy atom. The first-order valence-electron chi connectivity index (χ1n) is 9.84. The van der Waals surface area contributed by atoms with E-state index in [1.807, 2.05) is 25.2 Å². The fourth-order valence-corrected chi connectivity index (χ4v) is 3.74. The van der Waals surface area contributed by atoms with Crippen LogP contribution in [0.25, 0.3) is 0 Å². The van der Waals surface area contributed by atoms with E-state index in [0.29, 0.717) is 19.1 Å². The van der Waals surface area contributed by atoms with Crippen molar-refractivity contribution in [2.24, 2.45) is 0 Å². The van der Waals surface area contributed by atoms with Crippen LogP contribution in [0.4, 0.5) is 0 Å². The molecule has 1 N–H and O–H groups in total. The highest BCUT2D eigenvalue weighted by Gasteiger charge is 2.20. The maximum atomic E-state index is 12.3. The number of piperidine rings is 1. The molecule has 0 radical (unpaired) electrons. The van der Waals surface area contributed by atoms with Crippen molar-refractivity contribution in [1.82, 2.24) is 20.0 Å². The molecule has 0 bridgehead atoms. The predicted molar refractivity (Wildman–Crippen MR) is 108 cm³/mol. The molecule has 1 amide bonds. The van der Waals surface area contributed by atoms with E-state index in [4.69, 9.17) is 0 Å². The first-order chi connectivity index (χ1) is 12.5. The summed E-state index contributed by atoms with van der Waals surface area (Å²) >= 11 is 0. The highest BCUT2D eigenvalue weighted by Crippen LogP contribution is 2.18. The summed E-state index contributed by atoms with van der Waals surface area (Å²) < 4.78 is 0. The average Bonchev–Trinajstić information content (AvgIpc) is 2.62. The van der Waals surface area contributed by atoms with Gasteiger partial charge in [-0.3, -0.25) is 9.69 Å². The van der Waals surface area contributed by atoms with Gasteiger partial charge >= 0.3 is 0 Å². The molecule has 1 aromatic carbocycles. The van der Waals surface area contributed by atoms with Crippen LogP contribution in [0.5, 0.6) is 0 Å². The van der Waals surface area contributed by atoms with Crippen molar-refractivity contribution in [3.63, 3.8) is 0 Å². The van der Waals surface area contributed by atoms with Gasteiger partial charge in [-0.25, -0.2) is 0 Å². The lowest BCUT2D eigenvalue weighted by Crippen LogP contribution is -2.42. The molecular formula is C21H36N4O. The smallest absolute Gasteiger partial charge is 0.234 e. The first-order valence-corrected chi connectivity index (χ1v) is 9.84. The molecule has 0 aliphatic carbocycles. The van der Waals surface area contributed by atoms with Crippen molar-refractivity contribution in [1.29, 1.82) is 0 Å². The number of amides is 1. The van der Waals surface area contributed by atoms with Crippen LogP contribution in [0.1, 0.15) is 37.3 Å². The molecule has 1 heterocycles. The summed E-state index contributed by atoms with van der Waals surface area (Å²) in [5.74, 6) is 0.104. The molecule has 26 heavy (non-hydrogen) atoms. The molecule has 0 spiro atoms. The van der Waals surface area contributed by atoms with Gasteiger partial charge in [-0.1, -0.05) is 36.8 Å². The predicted octanol–water partition coefficient (Wildman–Crippen LogP) is 2.21. The van der Waals surface area contributed by atoms with Crippen LogP contribution in [0.2, 0.25) is 0 Å². The summed E-state index contributed by atoms with van der Waals surface area (Å²) in [5.41, 5.74) is 1.23. The molecule has 1 aliphatic heterocycles. The number of hydrogen-bond acceptors (Lipinski definition) is 4. The summed E-state index contributed by atoms with van der Waals surface area (Å²) in [6.45, 7) is 3.28. The summed E-state index contributed by atoms with van der Waals surface area (Å²) in [6, 6.07) is 11.2. The number of likely N-dealkylation sites (tertiary alicyclic amines) is 1. The van der Waals surface area contributed by atoms with Gasteiger partial charge in [0.05, 0.1) is 12.6 Å². The van der Waals surface area contributed by atoms with Gasteiger partial charge in [0.1, 0.15) is 0 Å². The lowest BCUT2D eigenvalue weighted by Gasteiger charge is -2.33. The lowest BCUT2D eigenvalue weighted by molar-refractivity contribution is -0.122. The highest BCUT2D eigenvalue weighted by atomic mass is 16.2. The number of rotatable bonds is 9. The maximum Gasteiger partial charge on any atom is 0.234 e. The van der Waals surface area contributed by atoms with Gasteiger partial charge in [-0.05, 0) is 66.1 Å². The molecule has 1 aromatic rings. The Kier molecular flexibility index (Phi) is 8.55. The summed E-state index contributed by atoms with van der Waals surface area (Å²) in [5, 5.41) is 3.11. The fraction of sp³-hybridized carbons (Fsp3) is 0.667. The van der Waals surface area contributed by atoms with Crippen LogP contribution in [0.3, 0.4) is 0 Å². The number of nitrogens with one attached hydrogen (secondary N) is 1. The quantitative estimate of drug-likeness (QED) is 0.733. The van der Waals surface area contributed by atoms with Crippen LogP contribution in [-0.2, 0) is 4.79 Å². The van der Waals surface area contributed by atoms with Gasteiger partial charge in [-0.15, -0.1) is 0 Å². The number of likely N-dealkylation sites (N-methyl/N-ethyl adjacent to an activating group) is 2. The number of carbonyl (C=O) groups is 1. The van der Waals surface area contributed by atoms with E-state index in [1.54, 1.807) is 0 Å². The van der Waals surface area contributed by atoms with Crippen LogP contribution in [0, 0.1) is 0 Å². The minimum absolute atomic E-state index is 0.104. The third-order valence-corrected chi connectivity index (χ3v) is 5.48. The standard InChI is InChI=1S/C21H36N4O/c1-23(2)20(18-10-6-5-7-11-18)16-22-21(26)17-24(3)15-13-19-12-8-9-14-25(19)4/h5-7,10-11,19-20H,8-9,12-17H2,1-4H3,(H,22,26)/t19-,20-/m0/s1. The van der Waals surface area contributed by atoms with Gasteiger partial charge in [0.15, 0.2) is 0 Å². The normalized spacial score (nSPS) is 19.7. The van der Waals surface area contributed by atoms with Crippen molar-refractivity contribution >= 4 is 5.91 Å². The van der Waals surface area contributed by atoms with Crippen LogP contribution >= 0.6 is 0 Å². The first kappa shape index (κ1) is 20.9. The summed E-state index contributed by atoms with van der Waals surface area (Å²) in [4.78, 5) is 19.1. The zero-order valence-corrected chi connectivity index (χ0v) is 16.9. The van der Waals surface area contributed by atoms with Crippen LogP contribution < -0.4 is 5.32 Å². The molecule has 1 saturated heterocycles. The van der Waals surface area contributed by atoms with Gasteiger partial charge < -0.3 is 15.1 Å². The lowest BCUT2D eigenvalue weighted by atomic mass is 10.00. The maximum absolute atomic E-state index is 12.3. The van der Waals surface area contributed by atoms with E-state index in [2.05, 4.69) is 53.3 Å². The van der Waals surface area contributed by atoms with Gasteiger partial charge in [0.25, 0.3) is 0 Å². The molecule has 1 fully saturated rings. The minimum atomic E-state index is 0.104. The van der Waals surface area contributed by atoms with E-state index in [1.165, 1.54) is 31.4 Å². The fourth-order valence-electron chi connectivity index (χ4n) is 3.74. The number of benzene rings is 1. The van der Waals surface area contributed by atoms with Crippen molar-refractivity contribution in [2.75, 3.05) is 54.4 Å². The minimum Gasteiger partial charge on any atom is -0.353 e. The van der Waals surface area contributed by atoms with E-state index in [9.17, 15) is 4.79 Å². The summed E-state index contributed by atoms with van der Waals surface area (Å²) in [7, 11) is 8.37. The van der Waals surface area contributed by atoms with E-state index in [0.717, 1.165) is 13.0 Å². The molecule has 0 unspecified atom stereocenters. The van der Waals surface area contributed by atoms with E-state index in [-0.39, 0.29) is 11.9 Å². The second-order valence-electron chi connectivity index (χ2n) is 7.85. The zero-order valence-electron chi connectivity index (χ0n) is 16.9. The molecule has 146 valence electrons. The highest BCUT2D eigenvalue weighted by molar-refractivity contribution is 5.78. The Hall–Kier alpha value is -1.43. The Morgan fingerprint density at radius 3 is 2.62 bits per heavy atom. The molecule has 0 aromatic heterocycles. The van der Waals surface area contributed by atoms with E-state index >= 15 is 0 Å². The van der Waals surface area contributed by atoms with Gasteiger partial charge in [-0.2, -0.15) is 0 Å². The van der Waals surface area contributed by atoms with Crippen molar-refractivity contribution < 1.29 is 4.79 Å². The number of nitrogens with zero attached hydrogens (tertiary/aromatic N) is 3. The van der Waals surface area contributed by atoms with Crippen molar-refractivity contribution in [3.8, 4) is 0 Å². The SMILES string of the molecule is CN(CC[C@@H]1CCCCN1C)CC(=O)NC[C@@H](c1ccccc1)N(C)C. The molecule has 5 nitrogen and oxygen atoms in total. The second-order valence-corrected chi connectivity index (χ2v) is 7.85. The molecule has 2 atom stereocenters. The van der Waals surface area contributed by atoms with Crippen LogP contribution in [-0.4, -0.2) is 81.0 Å². The largest absolute Gasteiger partial charge is 0.353 e. The third-order valence-electron chi connectivity index (χ3n) is 5.48. The zero-order chi connectivity index (χ0) is 18.9. The average molecular weight is 361 g/mol. The van der Waals surface area contributed by atoms with Gasteiger partial charge in [0.2, 0.25) is 5.91 Å². The van der Waals surface area contributed by atoms with Crippen LogP contribution in [0.15, 0.2) is 30.3 Å². The Morgan fingerprint density at radius 1 is 1.23 bits per heavy atom. The molecule has 2 rings (SSSR count). The molecule has 0 saturated carbocycles. The molecule has 5 heteroatoms. The third kappa shape index (κ3) is 6.71. The Labute approximate surface area is 159 Å². The monoisotopic (exact) mass is 360 g/mol. The molecule has 1 aliphatic rings. The van der Waals surface area contributed by atoms with Crippen molar-refractivity contribution in [3.05, 3.63) is 35.9 Å². The van der Waals surface area contributed by atoms with Gasteiger partial charge in [0, 0.05) is 12.6 Å². The van der Waals surface area contributed by atoms with Crippen molar-refractivity contribution in [2.45, 2.75) is 37.8 Å².